The van der Waals surface area contributed by atoms with Gasteiger partial charge in [-0.15, -0.1) is 0 Å². The number of aliphatic hydroxyl groups is 5. The lowest BCUT2D eigenvalue weighted by Gasteiger charge is -2.40. The molecule has 1 aliphatic heterocycles. The van der Waals surface area contributed by atoms with Gasteiger partial charge in [-0.25, -0.2) is 0 Å². The maximum atomic E-state index is 13.2. The second kappa shape index (κ2) is 69.7. The molecule has 0 aliphatic carbocycles. The molecule has 1 amide bonds. The van der Waals surface area contributed by atoms with E-state index in [2.05, 4.69) is 67.8 Å². The van der Waals surface area contributed by atoms with Crippen LogP contribution in [-0.4, -0.2) is 87.5 Å². The van der Waals surface area contributed by atoms with Crippen molar-refractivity contribution in [3.05, 3.63) is 60.8 Å². The number of carbonyl (C=O) groups excluding carboxylic acids is 1. The lowest BCUT2D eigenvalue weighted by atomic mass is 9.99. The van der Waals surface area contributed by atoms with Gasteiger partial charge in [-0.1, -0.05) is 389 Å². The molecule has 0 aromatic rings. The molecule has 9 nitrogen and oxygen atoms in total. The number of allylic oxidation sites excluding steroid dienone is 9. The number of nitrogens with one attached hydrogen (secondary N) is 1. The summed E-state index contributed by atoms with van der Waals surface area (Å²) in [6.45, 7) is 3.72. The third-order valence-corrected chi connectivity index (χ3v) is 18.8. The Morgan fingerprint density at radius 1 is 0.389 bits per heavy atom. The zero-order valence-corrected chi connectivity index (χ0v) is 59.4. The van der Waals surface area contributed by atoms with E-state index in [0.29, 0.717) is 6.42 Å². The minimum atomic E-state index is -1.57. The summed E-state index contributed by atoms with van der Waals surface area (Å²) in [5.74, 6) is -0.168. The van der Waals surface area contributed by atoms with Crippen LogP contribution in [-0.2, 0) is 14.3 Å². The zero-order valence-electron chi connectivity index (χ0n) is 59.4. The van der Waals surface area contributed by atoms with Gasteiger partial charge in [0.1, 0.15) is 24.4 Å². The molecule has 0 bridgehead atoms. The van der Waals surface area contributed by atoms with Crippen LogP contribution in [0.5, 0.6) is 0 Å². The van der Waals surface area contributed by atoms with Gasteiger partial charge in [0.15, 0.2) is 6.29 Å². The molecule has 1 heterocycles. The van der Waals surface area contributed by atoms with Crippen LogP contribution in [0.3, 0.4) is 0 Å². The Morgan fingerprint density at radius 2 is 0.689 bits per heavy atom. The summed E-state index contributed by atoms with van der Waals surface area (Å²) < 4.78 is 11.3. The smallest absolute Gasteiger partial charge is 0.220 e. The van der Waals surface area contributed by atoms with E-state index < -0.39 is 49.5 Å². The van der Waals surface area contributed by atoms with Crippen LogP contribution < -0.4 is 5.32 Å². The predicted molar refractivity (Wildman–Crippen MR) is 387 cm³/mol. The lowest BCUT2D eigenvalue weighted by Crippen LogP contribution is -2.60. The number of hydrogen-bond donors (Lipinski definition) is 6. The molecule has 1 aliphatic rings. The first-order valence-electron chi connectivity index (χ1n) is 39.5. The van der Waals surface area contributed by atoms with E-state index in [1.807, 2.05) is 6.08 Å². The number of amides is 1. The number of aliphatic hydroxyl groups excluding tert-OH is 5. The topological polar surface area (TPSA) is 149 Å². The van der Waals surface area contributed by atoms with Gasteiger partial charge in [-0.3, -0.25) is 4.79 Å². The summed E-state index contributed by atoms with van der Waals surface area (Å²) in [5.41, 5.74) is 0. The molecular weight excluding hydrogens is 1110 g/mol. The highest BCUT2D eigenvalue weighted by molar-refractivity contribution is 5.76. The van der Waals surface area contributed by atoms with E-state index in [-0.39, 0.29) is 12.5 Å². The van der Waals surface area contributed by atoms with Crippen molar-refractivity contribution in [1.29, 1.82) is 0 Å². The quantitative estimate of drug-likeness (QED) is 0.0261. The third-order valence-electron chi connectivity index (χ3n) is 18.8. The number of carbonyl (C=O) groups is 1. The van der Waals surface area contributed by atoms with E-state index in [0.717, 1.165) is 64.2 Å². The molecule has 528 valence electrons. The highest BCUT2D eigenvalue weighted by Crippen LogP contribution is 2.24. The van der Waals surface area contributed by atoms with Gasteiger partial charge >= 0.3 is 0 Å². The van der Waals surface area contributed by atoms with Crippen LogP contribution in [0.1, 0.15) is 393 Å². The first kappa shape index (κ1) is 85.9. The number of rotatable bonds is 70. The number of unbranched alkanes of at least 4 members (excludes halogenated alkanes) is 52. The van der Waals surface area contributed by atoms with Crippen LogP contribution in [0.25, 0.3) is 0 Å². The van der Waals surface area contributed by atoms with Crippen molar-refractivity contribution in [1.82, 2.24) is 5.32 Å². The van der Waals surface area contributed by atoms with Crippen LogP contribution in [0.4, 0.5) is 0 Å². The molecule has 0 spiro atoms. The predicted octanol–water partition coefficient (Wildman–Crippen LogP) is 22.5. The molecule has 1 rings (SSSR count). The van der Waals surface area contributed by atoms with Crippen LogP contribution in [0.2, 0.25) is 0 Å². The molecule has 0 saturated carbocycles. The molecule has 0 radical (unpaired) electrons. The highest BCUT2D eigenvalue weighted by Gasteiger charge is 2.44. The number of ether oxygens (including phenoxy) is 2. The molecule has 0 aromatic carbocycles. The Balaban J connectivity index is 2.04. The van der Waals surface area contributed by atoms with E-state index >= 15 is 0 Å². The van der Waals surface area contributed by atoms with Crippen LogP contribution in [0, 0.1) is 0 Å². The number of hydrogen-bond acceptors (Lipinski definition) is 8. The van der Waals surface area contributed by atoms with Crippen molar-refractivity contribution in [3.8, 4) is 0 Å². The Hall–Kier alpha value is -2.11. The summed E-state index contributed by atoms with van der Waals surface area (Å²) >= 11 is 0. The fourth-order valence-corrected chi connectivity index (χ4v) is 12.7. The standard InChI is InChI=1S/C81H151NO8/c1-3-5-7-9-11-13-15-17-19-21-23-25-27-29-31-32-33-34-35-36-37-38-39-40-41-42-43-44-45-47-49-51-53-55-57-59-61-63-65-67-69-71-77(85)82-74(73-89-81-80(88)79(87)78(86)76(72-83)90-81)75(84)70-68-66-64-62-60-58-56-54-52-50-48-46-30-28-26-24-22-20-18-16-14-12-10-8-6-4-2/h5,7,11,13,17,19,23,25,68,70,74-76,78-81,83-84,86-88H,3-4,6,8-10,12,14-16,18,20-22,24,26-67,69,71-73H2,1-2H3,(H,82,85)/b7-5-,13-11-,19-17-,25-23-,70-68+. The van der Waals surface area contributed by atoms with Crippen molar-refractivity contribution in [2.45, 2.75) is 436 Å². The Morgan fingerprint density at radius 3 is 1.02 bits per heavy atom. The SMILES string of the molecule is CC/C=C\C/C=C\C/C=C\C/C=C\CCCCCCCCCCCCCCCCCCCCCCCCCCCCCCC(=O)NC(COC1OC(CO)C(O)C(O)C1O)C(O)/C=C/CCCCCCCCCCCCCCCCCCCCCCCCCC. The fraction of sp³-hybridized carbons (Fsp3) is 0.864. The monoisotopic (exact) mass is 1270 g/mol. The van der Waals surface area contributed by atoms with Crippen LogP contribution >= 0.6 is 0 Å². The highest BCUT2D eigenvalue weighted by atomic mass is 16.7. The third kappa shape index (κ3) is 57.3. The minimum Gasteiger partial charge on any atom is -0.394 e. The van der Waals surface area contributed by atoms with Crippen molar-refractivity contribution in [2.24, 2.45) is 0 Å². The fourth-order valence-electron chi connectivity index (χ4n) is 12.7. The van der Waals surface area contributed by atoms with E-state index in [1.165, 1.54) is 308 Å². The second-order valence-corrected chi connectivity index (χ2v) is 27.5. The van der Waals surface area contributed by atoms with E-state index in [1.54, 1.807) is 6.08 Å². The summed E-state index contributed by atoms with van der Waals surface area (Å²) in [4.78, 5) is 13.2. The largest absolute Gasteiger partial charge is 0.394 e. The van der Waals surface area contributed by atoms with Gasteiger partial charge in [0.25, 0.3) is 0 Å². The van der Waals surface area contributed by atoms with Gasteiger partial charge in [-0.05, 0) is 57.8 Å². The van der Waals surface area contributed by atoms with Gasteiger partial charge in [0.2, 0.25) is 5.91 Å². The zero-order chi connectivity index (χ0) is 64.9. The minimum absolute atomic E-state index is 0.168. The van der Waals surface area contributed by atoms with Crippen molar-refractivity contribution < 1.29 is 39.8 Å². The van der Waals surface area contributed by atoms with Crippen LogP contribution in [0.15, 0.2) is 60.8 Å². The molecule has 7 atom stereocenters. The normalized spacial score (nSPS) is 18.1. The Labute approximate surface area is 557 Å². The van der Waals surface area contributed by atoms with Crippen molar-refractivity contribution in [2.75, 3.05) is 13.2 Å². The first-order valence-corrected chi connectivity index (χ1v) is 39.5. The molecule has 7 unspecified atom stereocenters. The maximum Gasteiger partial charge on any atom is 0.220 e. The summed E-state index contributed by atoms with van der Waals surface area (Å²) in [7, 11) is 0. The van der Waals surface area contributed by atoms with E-state index in [4.69, 9.17) is 9.47 Å². The van der Waals surface area contributed by atoms with Crippen molar-refractivity contribution >= 4 is 5.91 Å². The van der Waals surface area contributed by atoms with Gasteiger partial charge in [0.05, 0.1) is 25.4 Å². The lowest BCUT2D eigenvalue weighted by molar-refractivity contribution is -0.302. The molecule has 6 N–H and O–H groups in total. The Bertz CT molecular complexity index is 1610. The van der Waals surface area contributed by atoms with Gasteiger partial charge < -0.3 is 40.3 Å². The van der Waals surface area contributed by atoms with Gasteiger partial charge in [0, 0.05) is 6.42 Å². The average Bonchev–Trinajstić information content (AvgIpc) is 1.28. The average molecular weight is 1270 g/mol. The van der Waals surface area contributed by atoms with Crippen molar-refractivity contribution in [3.63, 3.8) is 0 Å². The molecule has 90 heavy (non-hydrogen) atoms. The summed E-state index contributed by atoms with van der Waals surface area (Å²) in [5, 5.41) is 54.9. The molecule has 0 aromatic heterocycles. The molecule has 9 heteroatoms. The summed E-state index contributed by atoms with van der Waals surface area (Å²) in [6, 6.07) is -0.806. The first-order chi connectivity index (χ1) is 44.3. The molecule has 1 fully saturated rings. The molecule has 1 saturated heterocycles. The summed E-state index contributed by atoms with van der Waals surface area (Å²) in [6.07, 6.45) is 90.8. The molecular formula is C81H151NO8. The maximum absolute atomic E-state index is 13.2. The Kier molecular flexibility index (Phi) is 66.5. The second-order valence-electron chi connectivity index (χ2n) is 27.5. The van der Waals surface area contributed by atoms with Gasteiger partial charge in [-0.2, -0.15) is 0 Å². The van der Waals surface area contributed by atoms with E-state index in [9.17, 15) is 30.3 Å².